The summed E-state index contributed by atoms with van der Waals surface area (Å²) in [6.45, 7) is 0. The van der Waals surface area contributed by atoms with Gasteiger partial charge in [0.05, 0.1) is 22.7 Å². The van der Waals surface area contributed by atoms with E-state index >= 15 is 0 Å². The van der Waals surface area contributed by atoms with E-state index in [0.717, 1.165) is 4.68 Å². The summed E-state index contributed by atoms with van der Waals surface area (Å²) in [5.74, 6) is -1.90. The molecule has 2 rings (SSSR count). The topological polar surface area (TPSA) is 60.9 Å². The minimum atomic E-state index is -4.72. The van der Waals surface area contributed by atoms with Gasteiger partial charge in [-0.05, 0) is 18.2 Å². The summed E-state index contributed by atoms with van der Waals surface area (Å²) in [6.07, 6.45) is -3.72. The number of carbonyl (C=O) groups is 1. The molecule has 21 heavy (non-hydrogen) atoms. The highest BCUT2D eigenvalue weighted by atomic mass is 35.5. The number of halogens is 5. The first kappa shape index (κ1) is 15.3. The van der Waals surface area contributed by atoms with Crippen molar-refractivity contribution in [3.63, 3.8) is 0 Å². The van der Waals surface area contributed by atoms with Crippen LogP contribution >= 0.6 is 11.6 Å². The van der Waals surface area contributed by atoms with Gasteiger partial charge in [-0.3, -0.25) is 4.79 Å². The van der Waals surface area contributed by atoms with Gasteiger partial charge < -0.3 is 5.73 Å². The number of nitrogens with two attached hydrogens (primary N) is 1. The average Bonchev–Trinajstić information content (AvgIpc) is 2.74. The molecule has 0 aliphatic heterocycles. The third-order valence-corrected chi connectivity index (χ3v) is 2.92. The highest BCUT2D eigenvalue weighted by molar-refractivity contribution is 6.32. The number of alkyl halides is 3. The molecule has 112 valence electrons. The number of nitrogens with zero attached hydrogens (tertiary/aromatic N) is 2. The quantitative estimate of drug-likeness (QED) is 0.884. The van der Waals surface area contributed by atoms with Crippen molar-refractivity contribution >= 4 is 17.5 Å². The van der Waals surface area contributed by atoms with Crippen LogP contribution in [0.3, 0.4) is 0 Å². The first-order valence-electron chi connectivity index (χ1n) is 5.58. The van der Waals surface area contributed by atoms with Gasteiger partial charge in [-0.1, -0.05) is 11.6 Å². The molecule has 0 radical (unpaired) electrons. The molecule has 4 nitrogen and oxygen atoms in total. The first-order chi connectivity index (χ1) is 9.70. The predicted octanol–water partition coefficient (Wildman–Crippen LogP) is 2.71. The maximum Gasteiger partial charge on any atom is 0.416 e. The van der Waals surface area contributed by atoms with E-state index in [1.54, 1.807) is 0 Å². The number of hydrogen-bond acceptors (Lipinski definition) is 2. The van der Waals surface area contributed by atoms with Crippen molar-refractivity contribution in [3.05, 3.63) is 46.5 Å². The molecule has 0 spiro atoms. The van der Waals surface area contributed by atoms with Gasteiger partial charge in [-0.15, -0.1) is 0 Å². The highest BCUT2D eigenvalue weighted by Gasteiger charge is 2.32. The third-order valence-electron chi connectivity index (χ3n) is 2.63. The zero-order valence-corrected chi connectivity index (χ0v) is 11.0. The van der Waals surface area contributed by atoms with Gasteiger partial charge in [-0.25, -0.2) is 9.07 Å². The van der Waals surface area contributed by atoms with Crippen molar-refractivity contribution in [1.29, 1.82) is 0 Å². The van der Waals surface area contributed by atoms with E-state index in [1.807, 2.05) is 0 Å². The fraction of sp³-hybridized carbons (Fsp3) is 0.167. The van der Waals surface area contributed by atoms with Gasteiger partial charge >= 0.3 is 6.18 Å². The second-order valence-electron chi connectivity index (χ2n) is 4.16. The average molecular weight is 322 g/mol. The van der Waals surface area contributed by atoms with Crippen LogP contribution in [0, 0.1) is 5.82 Å². The Morgan fingerprint density at radius 3 is 2.57 bits per heavy atom. The molecule has 0 aliphatic rings. The number of amides is 1. The normalized spacial score (nSPS) is 11.7. The van der Waals surface area contributed by atoms with Crippen LogP contribution < -0.4 is 5.73 Å². The summed E-state index contributed by atoms with van der Waals surface area (Å²) in [4.78, 5) is 10.9. The fourth-order valence-electron chi connectivity index (χ4n) is 1.78. The second-order valence-corrected chi connectivity index (χ2v) is 4.57. The fourth-order valence-corrected chi connectivity index (χ4v) is 2.06. The van der Waals surface area contributed by atoms with Gasteiger partial charge in [-0.2, -0.15) is 18.3 Å². The summed E-state index contributed by atoms with van der Waals surface area (Å²) in [5, 5.41) is 3.28. The van der Waals surface area contributed by atoms with Crippen LogP contribution in [0.4, 0.5) is 17.6 Å². The lowest BCUT2D eigenvalue weighted by Gasteiger charge is -2.13. The molecular weight excluding hydrogens is 314 g/mol. The standard InChI is InChI=1S/C12H8ClF4N3O/c13-8-3-6(12(15,16)17)4-9(14)11(8)20-7(1-2-19-20)5-10(18)21/h1-4H,5H2,(H2,18,21). The molecule has 0 fully saturated rings. The minimum Gasteiger partial charge on any atom is -0.369 e. The monoisotopic (exact) mass is 321 g/mol. The van der Waals surface area contributed by atoms with Crippen LogP contribution in [0.25, 0.3) is 5.69 Å². The van der Waals surface area contributed by atoms with Crippen LogP contribution in [0.1, 0.15) is 11.3 Å². The lowest BCUT2D eigenvalue weighted by atomic mass is 10.2. The molecule has 0 unspecified atom stereocenters. The Balaban J connectivity index is 2.56. The van der Waals surface area contributed by atoms with Gasteiger partial charge in [0.1, 0.15) is 5.69 Å². The predicted molar refractivity (Wildman–Crippen MR) is 66.4 cm³/mol. The summed E-state index contributed by atoms with van der Waals surface area (Å²) in [6, 6.07) is 2.30. The van der Waals surface area contributed by atoms with E-state index in [2.05, 4.69) is 5.10 Å². The van der Waals surface area contributed by atoms with Crippen molar-refractivity contribution in [2.75, 3.05) is 0 Å². The number of aromatic nitrogens is 2. The molecule has 0 bridgehead atoms. The van der Waals surface area contributed by atoms with E-state index in [0.29, 0.717) is 12.1 Å². The molecule has 1 aromatic heterocycles. The van der Waals surface area contributed by atoms with Gasteiger partial charge in [0.15, 0.2) is 5.82 Å². The molecular formula is C12H8ClF4N3O. The maximum atomic E-state index is 14.0. The molecule has 0 atom stereocenters. The van der Waals surface area contributed by atoms with E-state index < -0.39 is 28.5 Å². The zero-order chi connectivity index (χ0) is 15.8. The van der Waals surface area contributed by atoms with Crippen molar-refractivity contribution in [3.8, 4) is 5.69 Å². The minimum absolute atomic E-state index is 0.211. The lowest BCUT2D eigenvalue weighted by Crippen LogP contribution is -2.17. The summed E-state index contributed by atoms with van der Waals surface area (Å²) >= 11 is 5.72. The van der Waals surface area contributed by atoms with Crippen molar-refractivity contribution in [1.82, 2.24) is 9.78 Å². The Morgan fingerprint density at radius 1 is 1.38 bits per heavy atom. The Kier molecular flexibility index (Phi) is 3.91. The van der Waals surface area contributed by atoms with E-state index in [1.165, 1.54) is 12.3 Å². The van der Waals surface area contributed by atoms with E-state index in [9.17, 15) is 22.4 Å². The third kappa shape index (κ3) is 3.15. The van der Waals surface area contributed by atoms with Gasteiger partial charge in [0.2, 0.25) is 5.91 Å². The Labute approximate surface area is 121 Å². The lowest BCUT2D eigenvalue weighted by molar-refractivity contribution is -0.137. The van der Waals surface area contributed by atoms with Crippen molar-refractivity contribution < 1.29 is 22.4 Å². The van der Waals surface area contributed by atoms with Crippen LogP contribution in [-0.4, -0.2) is 15.7 Å². The first-order valence-corrected chi connectivity index (χ1v) is 5.95. The van der Waals surface area contributed by atoms with Gasteiger partial charge in [0.25, 0.3) is 0 Å². The van der Waals surface area contributed by atoms with Crippen molar-refractivity contribution in [2.24, 2.45) is 5.73 Å². The smallest absolute Gasteiger partial charge is 0.369 e. The number of hydrogen-bond donors (Lipinski definition) is 1. The molecule has 1 heterocycles. The van der Waals surface area contributed by atoms with Crippen LogP contribution in [-0.2, 0) is 17.4 Å². The Hall–Kier alpha value is -2.09. The van der Waals surface area contributed by atoms with E-state index in [-0.39, 0.29) is 17.8 Å². The number of rotatable bonds is 3. The number of primary amides is 1. The molecule has 9 heteroatoms. The van der Waals surface area contributed by atoms with E-state index in [4.69, 9.17) is 17.3 Å². The zero-order valence-electron chi connectivity index (χ0n) is 10.3. The van der Waals surface area contributed by atoms with Crippen LogP contribution in [0.5, 0.6) is 0 Å². The second kappa shape index (κ2) is 5.36. The highest BCUT2D eigenvalue weighted by Crippen LogP contribution is 2.35. The maximum absolute atomic E-state index is 14.0. The molecule has 1 aromatic carbocycles. The summed E-state index contributed by atoms with van der Waals surface area (Å²) in [7, 11) is 0. The molecule has 2 aromatic rings. The van der Waals surface area contributed by atoms with Gasteiger partial charge in [0, 0.05) is 6.20 Å². The van der Waals surface area contributed by atoms with Crippen LogP contribution in [0.2, 0.25) is 5.02 Å². The van der Waals surface area contributed by atoms with Crippen molar-refractivity contribution in [2.45, 2.75) is 12.6 Å². The van der Waals surface area contributed by atoms with Crippen LogP contribution in [0.15, 0.2) is 24.4 Å². The molecule has 0 saturated carbocycles. The largest absolute Gasteiger partial charge is 0.416 e. The Bertz CT molecular complexity index is 673. The molecule has 1 amide bonds. The number of benzene rings is 1. The molecule has 2 N–H and O–H groups in total. The Morgan fingerprint density at radius 2 is 2.05 bits per heavy atom. The SMILES string of the molecule is NC(=O)Cc1ccnn1-c1c(F)cc(C(F)(F)F)cc1Cl. The summed E-state index contributed by atoms with van der Waals surface area (Å²) < 4.78 is 52.6. The summed E-state index contributed by atoms with van der Waals surface area (Å²) in [5.41, 5.74) is 3.66. The molecule has 0 saturated heterocycles. The molecule has 0 aliphatic carbocycles. The number of carbonyl (C=O) groups excluding carboxylic acids is 1.